The van der Waals surface area contributed by atoms with E-state index in [2.05, 4.69) is 42.6 Å². The molecule has 1 fully saturated rings. The van der Waals surface area contributed by atoms with Gasteiger partial charge >= 0.3 is 0 Å². The number of aliphatic hydroxyl groups is 1. The zero-order valence-corrected chi connectivity index (χ0v) is 20.1. The highest BCUT2D eigenvalue weighted by Gasteiger charge is 2.29. The number of nitriles is 2. The van der Waals surface area contributed by atoms with Gasteiger partial charge in [0.25, 0.3) is 0 Å². The highest BCUT2D eigenvalue weighted by molar-refractivity contribution is 7.18. The number of hydrogen-bond acceptors (Lipinski definition) is 10. The average Bonchev–Trinajstić information content (AvgIpc) is 3.51. The van der Waals surface area contributed by atoms with Gasteiger partial charge in [-0.2, -0.15) is 15.6 Å². The summed E-state index contributed by atoms with van der Waals surface area (Å²) in [6.07, 6.45) is 4.61. The van der Waals surface area contributed by atoms with Crippen molar-refractivity contribution in [2.24, 2.45) is 0 Å². The topological polar surface area (TPSA) is 139 Å². The van der Waals surface area contributed by atoms with Gasteiger partial charge in [-0.05, 0) is 51.0 Å². The quantitative estimate of drug-likeness (QED) is 0.435. The normalized spacial score (nSPS) is 16.0. The molecule has 1 unspecified atom stereocenters. The van der Waals surface area contributed by atoms with E-state index < -0.39 is 11.6 Å². The van der Waals surface area contributed by atoms with Crippen LogP contribution in [0.2, 0.25) is 0 Å². The molecule has 0 spiro atoms. The zero-order valence-electron chi connectivity index (χ0n) is 19.3. The molecule has 11 heteroatoms. The van der Waals surface area contributed by atoms with Crippen molar-refractivity contribution in [2.75, 3.05) is 23.3 Å². The van der Waals surface area contributed by atoms with Crippen LogP contribution in [0.5, 0.6) is 0 Å². The summed E-state index contributed by atoms with van der Waals surface area (Å²) in [4.78, 5) is 6.81. The lowest BCUT2D eigenvalue weighted by Crippen LogP contribution is -2.42. The van der Waals surface area contributed by atoms with Crippen LogP contribution in [0.3, 0.4) is 0 Å². The first-order valence-corrected chi connectivity index (χ1v) is 12.0. The van der Waals surface area contributed by atoms with Crippen molar-refractivity contribution in [1.82, 2.24) is 24.8 Å². The monoisotopic (exact) mass is 485 g/mol. The van der Waals surface area contributed by atoms with Crippen molar-refractivity contribution >= 4 is 27.7 Å². The number of fused-ring (bicyclic) bond motifs is 1. The number of hydrogen-bond donors (Lipinski definition) is 2. The minimum Gasteiger partial charge on any atom is -0.390 e. The molecule has 0 aliphatic carbocycles. The van der Waals surface area contributed by atoms with Crippen molar-refractivity contribution in [3.8, 4) is 34.1 Å². The molecule has 35 heavy (non-hydrogen) atoms. The van der Waals surface area contributed by atoms with Gasteiger partial charge in [0.1, 0.15) is 12.1 Å². The smallest absolute Gasteiger partial charge is 0.208 e. The van der Waals surface area contributed by atoms with E-state index in [0.29, 0.717) is 29.1 Å². The van der Waals surface area contributed by atoms with Crippen molar-refractivity contribution in [3.63, 3.8) is 0 Å². The summed E-state index contributed by atoms with van der Waals surface area (Å²) in [6, 6.07) is 11.3. The van der Waals surface area contributed by atoms with Gasteiger partial charge < -0.3 is 15.3 Å². The van der Waals surface area contributed by atoms with Gasteiger partial charge in [0.2, 0.25) is 5.13 Å². The Kier molecular flexibility index (Phi) is 5.81. The number of piperidine rings is 1. The summed E-state index contributed by atoms with van der Waals surface area (Å²) >= 11 is 1.46. The second-order valence-corrected chi connectivity index (χ2v) is 9.85. The number of pyridine rings is 1. The molecular formula is C24H23N9OS. The molecule has 0 saturated carbocycles. The number of nitrogens with zero attached hydrogens (tertiary/aromatic N) is 8. The second kappa shape index (κ2) is 8.95. The lowest BCUT2D eigenvalue weighted by molar-refractivity contribution is 0.0351. The van der Waals surface area contributed by atoms with Crippen LogP contribution in [0.15, 0.2) is 36.7 Å². The Hall–Kier alpha value is -4.06. The number of nitrogens with one attached hydrogen (secondary N) is 1. The minimum atomic E-state index is -0.637. The number of aromatic nitrogens is 5. The lowest BCUT2D eigenvalue weighted by Gasteiger charge is -2.35. The fourth-order valence-electron chi connectivity index (χ4n) is 4.04. The van der Waals surface area contributed by atoms with Gasteiger partial charge in [0.05, 0.1) is 45.9 Å². The maximum atomic E-state index is 10.2. The van der Waals surface area contributed by atoms with Crippen molar-refractivity contribution in [2.45, 2.75) is 38.3 Å². The molecule has 0 radical (unpaired) electrons. The van der Waals surface area contributed by atoms with Crippen LogP contribution < -0.4 is 10.2 Å². The van der Waals surface area contributed by atoms with Crippen molar-refractivity contribution in [3.05, 3.63) is 42.2 Å². The minimum absolute atomic E-state index is 0.430. The van der Waals surface area contributed by atoms with E-state index >= 15 is 0 Å². The Labute approximate surface area is 206 Å². The van der Waals surface area contributed by atoms with Crippen LogP contribution in [-0.4, -0.2) is 54.6 Å². The van der Waals surface area contributed by atoms with Crippen molar-refractivity contribution < 1.29 is 5.11 Å². The Morgan fingerprint density at radius 3 is 2.71 bits per heavy atom. The molecule has 2 N–H and O–H groups in total. The molecule has 0 amide bonds. The Balaban J connectivity index is 1.50. The Bertz CT molecular complexity index is 1470. The van der Waals surface area contributed by atoms with Crippen LogP contribution in [0, 0.1) is 22.7 Å². The molecule has 1 atom stereocenters. The van der Waals surface area contributed by atoms with Gasteiger partial charge in [0.15, 0.2) is 5.01 Å². The second-order valence-electron chi connectivity index (χ2n) is 8.90. The third kappa shape index (κ3) is 4.52. The maximum Gasteiger partial charge on any atom is 0.208 e. The lowest BCUT2D eigenvalue weighted by atomic mass is 9.94. The SMILES string of the molecule is CC(C#N)Nc1cc(-c2ccc3cc(C#N)cnn23)ncc1-c1nnc(N2CCC(C)(O)CC2)s1. The van der Waals surface area contributed by atoms with Crippen LogP contribution in [0.25, 0.3) is 27.5 Å². The number of rotatable bonds is 5. The first-order valence-electron chi connectivity index (χ1n) is 11.2. The molecule has 1 aliphatic rings. The molecule has 10 nitrogen and oxygen atoms in total. The van der Waals surface area contributed by atoms with Gasteiger partial charge in [-0.3, -0.25) is 4.98 Å². The molecule has 1 saturated heterocycles. The largest absolute Gasteiger partial charge is 0.390 e. The molecule has 1 aliphatic heterocycles. The fraction of sp³-hybridized carbons (Fsp3) is 0.333. The number of anilines is 2. The van der Waals surface area contributed by atoms with E-state index in [0.717, 1.165) is 40.7 Å². The predicted octanol–water partition coefficient (Wildman–Crippen LogP) is 3.46. The third-order valence-corrected chi connectivity index (χ3v) is 7.13. The van der Waals surface area contributed by atoms with Gasteiger partial charge in [-0.1, -0.05) is 11.3 Å². The van der Waals surface area contributed by atoms with E-state index in [1.54, 1.807) is 23.7 Å². The standard InChI is InChI=1S/C24H23N9OS/c1-15(11-25)29-19-10-20(21-4-3-17-9-16(12-26)13-28-33(17)21)27-14-18(19)22-30-31-23(35-22)32-7-5-24(2,34)6-8-32/h3-4,9-10,13-15,34H,5-8H2,1-2H3,(H,27,29). The molecule has 176 valence electrons. The summed E-state index contributed by atoms with van der Waals surface area (Å²) < 4.78 is 1.73. The molecular weight excluding hydrogens is 462 g/mol. The summed E-state index contributed by atoms with van der Waals surface area (Å²) in [5, 5.41) is 46.7. The highest BCUT2D eigenvalue weighted by Crippen LogP contribution is 2.37. The summed E-state index contributed by atoms with van der Waals surface area (Å²) in [5.41, 5.74) is 3.55. The van der Waals surface area contributed by atoms with E-state index in [-0.39, 0.29) is 0 Å². The first kappa shape index (κ1) is 22.7. The Morgan fingerprint density at radius 1 is 1.17 bits per heavy atom. The van der Waals surface area contributed by atoms with E-state index in [4.69, 9.17) is 5.26 Å². The van der Waals surface area contributed by atoms with Crippen LogP contribution in [0.1, 0.15) is 32.3 Å². The highest BCUT2D eigenvalue weighted by atomic mass is 32.1. The van der Waals surface area contributed by atoms with Gasteiger partial charge in [-0.25, -0.2) is 4.52 Å². The van der Waals surface area contributed by atoms with Crippen molar-refractivity contribution in [1.29, 1.82) is 10.5 Å². The van der Waals surface area contributed by atoms with E-state index in [1.165, 1.54) is 17.5 Å². The van der Waals surface area contributed by atoms with Gasteiger partial charge in [0, 0.05) is 25.0 Å². The van der Waals surface area contributed by atoms with Crippen LogP contribution in [-0.2, 0) is 0 Å². The summed E-state index contributed by atoms with van der Waals surface area (Å²) in [5.74, 6) is 0. The third-order valence-electron chi connectivity index (χ3n) is 6.12. The van der Waals surface area contributed by atoms with Crippen LogP contribution in [0.4, 0.5) is 10.8 Å². The zero-order chi connectivity index (χ0) is 24.6. The van der Waals surface area contributed by atoms with E-state index in [9.17, 15) is 10.4 Å². The molecule has 4 aromatic rings. The summed E-state index contributed by atoms with van der Waals surface area (Å²) in [6.45, 7) is 5.09. The van der Waals surface area contributed by atoms with Gasteiger partial charge in [-0.15, -0.1) is 10.2 Å². The molecule has 5 rings (SSSR count). The maximum absolute atomic E-state index is 10.2. The average molecular weight is 486 g/mol. The fourth-order valence-corrected chi connectivity index (χ4v) is 4.96. The Morgan fingerprint density at radius 2 is 1.97 bits per heavy atom. The molecule has 5 heterocycles. The molecule has 0 aromatic carbocycles. The van der Waals surface area contributed by atoms with Crippen LogP contribution >= 0.6 is 11.3 Å². The van der Waals surface area contributed by atoms with E-state index in [1.807, 2.05) is 25.1 Å². The molecule has 4 aromatic heterocycles. The first-order chi connectivity index (χ1) is 16.9. The summed E-state index contributed by atoms with van der Waals surface area (Å²) in [7, 11) is 0. The molecule has 0 bridgehead atoms. The predicted molar refractivity (Wildman–Crippen MR) is 133 cm³/mol.